The molecule has 1 heterocycles. The Morgan fingerprint density at radius 3 is 2.88 bits per heavy atom. The molecule has 16 heavy (non-hydrogen) atoms. The van der Waals surface area contributed by atoms with Gasteiger partial charge < -0.3 is 4.90 Å². The van der Waals surface area contributed by atoms with E-state index in [4.69, 9.17) is 0 Å². The molecule has 1 aromatic carbocycles. The van der Waals surface area contributed by atoms with Gasteiger partial charge in [-0.25, -0.2) is 0 Å². The summed E-state index contributed by atoms with van der Waals surface area (Å²) in [5.74, 6) is 0. The van der Waals surface area contributed by atoms with Crippen LogP contribution in [0.5, 0.6) is 0 Å². The van der Waals surface area contributed by atoms with Crippen molar-refractivity contribution in [3.05, 3.63) is 22.7 Å². The first kappa shape index (κ1) is 11.6. The van der Waals surface area contributed by atoms with E-state index in [1.165, 1.54) is 6.34 Å². The Bertz CT molecular complexity index is 540. The van der Waals surface area contributed by atoms with Crippen LogP contribution >= 0.6 is 15.9 Å². The third-order valence-corrected chi connectivity index (χ3v) is 4.05. The van der Waals surface area contributed by atoms with E-state index in [0.29, 0.717) is 5.69 Å². The summed E-state index contributed by atoms with van der Waals surface area (Å²) in [5, 5.41) is 0. The van der Waals surface area contributed by atoms with Gasteiger partial charge >= 0.3 is 0 Å². The number of hydrogen-bond acceptors (Lipinski definition) is 3. The molecule has 0 aliphatic carbocycles. The predicted molar refractivity (Wildman–Crippen MR) is 67.5 cm³/mol. The van der Waals surface area contributed by atoms with Crippen molar-refractivity contribution in [2.24, 2.45) is 4.40 Å². The zero-order valence-corrected chi connectivity index (χ0v) is 11.1. The predicted octanol–water partition coefficient (Wildman–Crippen LogP) is 2.40. The van der Waals surface area contributed by atoms with Gasteiger partial charge in [0.15, 0.2) is 0 Å². The highest BCUT2D eigenvalue weighted by atomic mass is 79.9. The summed E-state index contributed by atoms with van der Waals surface area (Å²) in [6.07, 6.45) is 2.32. The number of hydrogen-bond donors (Lipinski definition) is 0. The molecule has 0 saturated heterocycles. The summed E-state index contributed by atoms with van der Waals surface area (Å²) in [4.78, 5) is 2.11. The summed E-state index contributed by atoms with van der Waals surface area (Å²) in [5.41, 5.74) is 0.694. The molecule has 0 amide bonds. The summed E-state index contributed by atoms with van der Waals surface area (Å²) in [6, 6.07) is 5.21. The normalized spacial score (nSPS) is 17.2. The lowest BCUT2D eigenvalue weighted by atomic mass is 10.3. The average Bonchev–Trinajstić information content (AvgIpc) is 2.23. The second-order valence-corrected chi connectivity index (χ2v) is 6.02. The zero-order valence-electron chi connectivity index (χ0n) is 8.72. The summed E-state index contributed by atoms with van der Waals surface area (Å²) < 4.78 is 27.8. The van der Waals surface area contributed by atoms with Crippen molar-refractivity contribution in [1.82, 2.24) is 0 Å². The molecule has 4 nitrogen and oxygen atoms in total. The highest BCUT2D eigenvalue weighted by molar-refractivity contribution is 9.10. The van der Waals surface area contributed by atoms with Crippen LogP contribution in [0.2, 0.25) is 0 Å². The molecule has 0 N–H and O–H groups in total. The van der Waals surface area contributed by atoms with Crippen LogP contribution in [0.3, 0.4) is 0 Å². The molecule has 0 radical (unpaired) electrons. The molecule has 0 saturated carbocycles. The first-order valence-electron chi connectivity index (χ1n) is 4.91. The molecule has 1 aliphatic heterocycles. The van der Waals surface area contributed by atoms with Gasteiger partial charge in [0.25, 0.3) is 10.0 Å². The minimum absolute atomic E-state index is 0.262. The van der Waals surface area contributed by atoms with E-state index < -0.39 is 10.0 Å². The molecule has 0 fully saturated rings. The van der Waals surface area contributed by atoms with Gasteiger partial charge in [-0.05, 0) is 24.6 Å². The third kappa shape index (κ3) is 1.99. The van der Waals surface area contributed by atoms with E-state index in [-0.39, 0.29) is 4.90 Å². The molecule has 0 spiro atoms. The lowest BCUT2D eigenvalue weighted by molar-refractivity contribution is 0.597. The van der Waals surface area contributed by atoms with Gasteiger partial charge in [-0.1, -0.05) is 22.9 Å². The fourth-order valence-corrected chi connectivity index (χ4v) is 3.18. The van der Waals surface area contributed by atoms with E-state index in [0.717, 1.165) is 17.4 Å². The maximum atomic E-state index is 11.7. The number of sulfonamides is 1. The molecular formula is C10H11BrN2O2S. The Kier molecular flexibility index (Phi) is 3.03. The molecule has 0 unspecified atom stereocenters. The first-order chi connectivity index (χ1) is 7.54. The van der Waals surface area contributed by atoms with Crippen molar-refractivity contribution < 1.29 is 8.42 Å². The van der Waals surface area contributed by atoms with E-state index in [1.807, 2.05) is 17.9 Å². The van der Waals surface area contributed by atoms with Crippen molar-refractivity contribution in [3.63, 3.8) is 0 Å². The monoisotopic (exact) mass is 302 g/mol. The molecule has 1 aliphatic rings. The van der Waals surface area contributed by atoms with E-state index >= 15 is 0 Å². The van der Waals surface area contributed by atoms with E-state index in [1.54, 1.807) is 12.1 Å². The first-order valence-corrected chi connectivity index (χ1v) is 7.14. The Morgan fingerprint density at radius 1 is 1.44 bits per heavy atom. The number of halogens is 1. The van der Waals surface area contributed by atoms with Crippen LogP contribution in [-0.4, -0.2) is 21.3 Å². The van der Waals surface area contributed by atoms with Crippen LogP contribution in [0.4, 0.5) is 5.69 Å². The van der Waals surface area contributed by atoms with E-state index in [9.17, 15) is 8.42 Å². The molecule has 2 rings (SSSR count). The number of fused-ring (bicyclic) bond motifs is 1. The molecule has 0 atom stereocenters. The van der Waals surface area contributed by atoms with Crippen molar-refractivity contribution in [3.8, 4) is 0 Å². The molecule has 1 aromatic rings. The van der Waals surface area contributed by atoms with Crippen molar-refractivity contribution in [2.75, 3.05) is 11.4 Å². The number of anilines is 1. The van der Waals surface area contributed by atoms with Gasteiger partial charge in [0.1, 0.15) is 11.2 Å². The van der Waals surface area contributed by atoms with Crippen LogP contribution in [-0.2, 0) is 10.0 Å². The fourth-order valence-electron chi connectivity index (χ4n) is 1.59. The maximum Gasteiger partial charge on any atom is 0.285 e. The Balaban J connectivity index is 2.59. The van der Waals surface area contributed by atoms with Gasteiger partial charge in [-0.15, -0.1) is 4.40 Å². The highest BCUT2D eigenvalue weighted by Gasteiger charge is 2.24. The van der Waals surface area contributed by atoms with Gasteiger partial charge in [0.2, 0.25) is 0 Å². The van der Waals surface area contributed by atoms with Crippen LogP contribution in [0.15, 0.2) is 32.0 Å². The van der Waals surface area contributed by atoms with Crippen LogP contribution in [0, 0.1) is 0 Å². The second kappa shape index (κ2) is 4.18. The summed E-state index contributed by atoms with van der Waals surface area (Å²) in [7, 11) is -3.52. The Hall–Kier alpha value is -0.880. The van der Waals surface area contributed by atoms with Crippen LogP contribution < -0.4 is 4.90 Å². The average molecular weight is 303 g/mol. The zero-order chi connectivity index (χ0) is 11.8. The Labute approximate surface area is 103 Å². The van der Waals surface area contributed by atoms with Gasteiger partial charge in [0.05, 0.1) is 5.69 Å². The summed E-state index contributed by atoms with van der Waals surface area (Å²) >= 11 is 3.27. The number of nitrogens with zero attached hydrogens (tertiary/aromatic N) is 2. The smallest absolute Gasteiger partial charge is 0.285 e. The van der Waals surface area contributed by atoms with Crippen molar-refractivity contribution in [1.29, 1.82) is 0 Å². The van der Waals surface area contributed by atoms with Crippen LogP contribution in [0.25, 0.3) is 0 Å². The SMILES string of the molecule is CCCN1C=NS(=O)(=O)c2cc(Br)ccc21. The highest BCUT2D eigenvalue weighted by Crippen LogP contribution is 2.31. The number of benzene rings is 1. The van der Waals surface area contributed by atoms with Gasteiger partial charge in [-0.3, -0.25) is 0 Å². The minimum atomic E-state index is -3.52. The largest absolute Gasteiger partial charge is 0.331 e. The molecular weight excluding hydrogens is 292 g/mol. The van der Waals surface area contributed by atoms with Gasteiger partial charge in [-0.2, -0.15) is 8.42 Å². The summed E-state index contributed by atoms with van der Waals surface area (Å²) in [6.45, 7) is 2.79. The molecule has 0 bridgehead atoms. The fraction of sp³-hybridized carbons (Fsp3) is 0.300. The second-order valence-electron chi connectivity index (χ2n) is 3.50. The van der Waals surface area contributed by atoms with Crippen molar-refractivity contribution in [2.45, 2.75) is 18.2 Å². The molecule has 6 heteroatoms. The number of rotatable bonds is 2. The third-order valence-electron chi connectivity index (χ3n) is 2.30. The molecule has 86 valence electrons. The van der Waals surface area contributed by atoms with Crippen LogP contribution in [0.1, 0.15) is 13.3 Å². The lowest BCUT2D eigenvalue weighted by Gasteiger charge is -2.24. The maximum absolute atomic E-state index is 11.7. The van der Waals surface area contributed by atoms with Crippen molar-refractivity contribution >= 4 is 38.0 Å². The Morgan fingerprint density at radius 2 is 2.19 bits per heavy atom. The van der Waals surface area contributed by atoms with E-state index in [2.05, 4.69) is 20.3 Å². The molecule has 0 aromatic heterocycles. The topological polar surface area (TPSA) is 49.7 Å². The lowest BCUT2D eigenvalue weighted by Crippen LogP contribution is -2.27. The quantitative estimate of drug-likeness (QED) is 0.843. The minimum Gasteiger partial charge on any atom is -0.331 e. The standard InChI is InChI=1S/C10H11BrN2O2S/c1-2-5-13-7-12-16(14,15)10-6-8(11)3-4-9(10)13/h3-4,6-7H,2,5H2,1H3. The van der Waals surface area contributed by atoms with Gasteiger partial charge in [0, 0.05) is 11.0 Å².